The van der Waals surface area contributed by atoms with E-state index in [0.29, 0.717) is 0 Å². The summed E-state index contributed by atoms with van der Waals surface area (Å²) < 4.78 is 5.03. The van der Waals surface area contributed by atoms with Crippen molar-refractivity contribution < 1.29 is 4.74 Å². The molecule has 0 atom stereocenters. The van der Waals surface area contributed by atoms with Crippen LogP contribution >= 0.6 is 0 Å². The van der Waals surface area contributed by atoms with Crippen LogP contribution in [0, 0.1) is 0 Å². The van der Waals surface area contributed by atoms with Crippen molar-refractivity contribution in [1.82, 2.24) is 0 Å². The molecular weight excluding hydrogens is 146 g/mol. The van der Waals surface area contributed by atoms with Gasteiger partial charge in [0.05, 0.1) is 6.61 Å². The van der Waals surface area contributed by atoms with Gasteiger partial charge in [0.2, 0.25) is 0 Å². The Balaban J connectivity index is 2.72. The minimum atomic E-state index is 0.808. The molecule has 0 unspecified atom stereocenters. The first-order valence-corrected chi connectivity index (χ1v) is 4.28. The SMILES string of the molecule is Bc1cc(B)cc(CCOC)c1. The lowest BCUT2D eigenvalue weighted by Gasteiger charge is -2.03. The molecule has 0 aliphatic carbocycles. The van der Waals surface area contributed by atoms with Gasteiger partial charge >= 0.3 is 0 Å². The van der Waals surface area contributed by atoms with Gasteiger partial charge in [0.15, 0.2) is 0 Å². The van der Waals surface area contributed by atoms with Crippen LogP contribution in [0.3, 0.4) is 0 Å². The van der Waals surface area contributed by atoms with Gasteiger partial charge in [-0.3, -0.25) is 0 Å². The molecule has 0 saturated carbocycles. The van der Waals surface area contributed by atoms with Gasteiger partial charge in [-0.2, -0.15) is 0 Å². The average molecular weight is 160 g/mol. The van der Waals surface area contributed by atoms with Crippen molar-refractivity contribution in [3.05, 3.63) is 23.8 Å². The van der Waals surface area contributed by atoms with E-state index in [9.17, 15) is 0 Å². The van der Waals surface area contributed by atoms with Crippen molar-refractivity contribution in [2.45, 2.75) is 6.42 Å². The summed E-state index contributed by atoms with van der Waals surface area (Å²) in [4.78, 5) is 0. The molecule has 12 heavy (non-hydrogen) atoms. The zero-order valence-electron chi connectivity index (χ0n) is 8.05. The molecule has 0 fully saturated rings. The fourth-order valence-corrected chi connectivity index (χ4v) is 1.43. The van der Waals surface area contributed by atoms with Crippen LogP contribution in [0.15, 0.2) is 18.2 Å². The molecule has 0 heterocycles. The summed E-state index contributed by atoms with van der Waals surface area (Å²) in [6, 6.07) is 6.62. The highest BCUT2D eigenvalue weighted by Crippen LogP contribution is 1.95. The highest BCUT2D eigenvalue weighted by Gasteiger charge is 1.94. The molecule has 1 nitrogen and oxygen atoms in total. The molecule has 0 spiro atoms. The summed E-state index contributed by atoms with van der Waals surface area (Å²) in [5, 5.41) is 0. The van der Waals surface area contributed by atoms with Crippen LogP contribution in [0.5, 0.6) is 0 Å². The maximum atomic E-state index is 5.03. The molecule has 0 amide bonds. The molecule has 1 aromatic carbocycles. The quantitative estimate of drug-likeness (QED) is 0.483. The monoisotopic (exact) mass is 160 g/mol. The zero-order chi connectivity index (χ0) is 8.97. The number of rotatable bonds is 3. The van der Waals surface area contributed by atoms with Gasteiger partial charge in [-0.05, 0) is 12.0 Å². The first-order valence-electron chi connectivity index (χ1n) is 4.28. The van der Waals surface area contributed by atoms with Crippen LogP contribution in [0.1, 0.15) is 5.56 Å². The molecule has 0 aliphatic heterocycles. The van der Waals surface area contributed by atoms with Crippen LogP contribution in [-0.4, -0.2) is 29.4 Å². The van der Waals surface area contributed by atoms with Crippen LogP contribution in [0.4, 0.5) is 0 Å². The van der Waals surface area contributed by atoms with E-state index in [1.165, 1.54) is 16.5 Å². The lowest BCUT2D eigenvalue weighted by molar-refractivity contribution is 0.202. The Morgan fingerprint density at radius 1 is 1.17 bits per heavy atom. The van der Waals surface area contributed by atoms with E-state index in [-0.39, 0.29) is 0 Å². The fourth-order valence-electron chi connectivity index (χ4n) is 1.43. The molecule has 0 N–H and O–H groups in total. The molecule has 0 aromatic heterocycles. The Morgan fingerprint density at radius 3 is 2.25 bits per heavy atom. The van der Waals surface area contributed by atoms with Gasteiger partial charge in [-0.15, -0.1) is 0 Å². The predicted molar refractivity (Wildman–Crippen MR) is 58.4 cm³/mol. The number of benzene rings is 1. The van der Waals surface area contributed by atoms with E-state index in [1.807, 2.05) is 0 Å². The molecule has 0 bridgehead atoms. The van der Waals surface area contributed by atoms with Gasteiger partial charge in [-0.25, -0.2) is 0 Å². The minimum absolute atomic E-state index is 0.808. The molecule has 3 heteroatoms. The van der Waals surface area contributed by atoms with Crippen molar-refractivity contribution in [3.63, 3.8) is 0 Å². The molecule has 0 radical (unpaired) electrons. The lowest BCUT2D eigenvalue weighted by atomic mass is 9.85. The highest BCUT2D eigenvalue weighted by molar-refractivity contribution is 6.37. The van der Waals surface area contributed by atoms with E-state index in [4.69, 9.17) is 4.74 Å². The van der Waals surface area contributed by atoms with E-state index in [2.05, 4.69) is 33.9 Å². The largest absolute Gasteiger partial charge is 0.384 e. The van der Waals surface area contributed by atoms with Crippen molar-refractivity contribution in [2.24, 2.45) is 0 Å². The Hall–Kier alpha value is -0.690. The second-order valence-corrected chi connectivity index (χ2v) is 3.24. The van der Waals surface area contributed by atoms with Crippen LogP contribution in [-0.2, 0) is 11.2 Å². The maximum absolute atomic E-state index is 5.03. The normalized spacial score (nSPS) is 10.1. The van der Waals surface area contributed by atoms with E-state index < -0.39 is 0 Å². The molecule has 0 saturated heterocycles. The minimum Gasteiger partial charge on any atom is -0.384 e. The Labute approximate surface area is 75.9 Å². The van der Waals surface area contributed by atoms with Gasteiger partial charge in [0.1, 0.15) is 15.7 Å². The van der Waals surface area contributed by atoms with E-state index >= 15 is 0 Å². The average Bonchev–Trinajstić information content (AvgIpc) is 1.99. The van der Waals surface area contributed by atoms with E-state index in [1.54, 1.807) is 7.11 Å². The van der Waals surface area contributed by atoms with Crippen LogP contribution in [0.2, 0.25) is 0 Å². The van der Waals surface area contributed by atoms with Crippen molar-refractivity contribution in [2.75, 3.05) is 13.7 Å². The molecule has 0 aliphatic rings. The first kappa shape index (κ1) is 9.40. The molecular formula is C9H14B2O. The predicted octanol–water partition coefficient (Wildman–Crippen LogP) is -1.61. The highest BCUT2D eigenvalue weighted by atomic mass is 16.5. The smallest absolute Gasteiger partial charge is 0.139 e. The van der Waals surface area contributed by atoms with Gasteiger partial charge in [0, 0.05) is 7.11 Å². The maximum Gasteiger partial charge on any atom is 0.139 e. The summed E-state index contributed by atoms with van der Waals surface area (Å²) in [6.07, 6.45) is 1.01. The lowest BCUT2D eigenvalue weighted by Crippen LogP contribution is -2.15. The van der Waals surface area contributed by atoms with Crippen LogP contribution < -0.4 is 10.9 Å². The molecule has 1 aromatic rings. The summed E-state index contributed by atoms with van der Waals surface area (Å²) in [6.45, 7) is 0.808. The Kier molecular flexibility index (Phi) is 3.42. The number of methoxy groups -OCH3 is 1. The van der Waals surface area contributed by atoms with Crippen LogP contribution in [0.25, 0.3) is 0 Å². The Bertz CT molecular complexity index is 240. The summed E-state index contributed by atoms with van der Waals surface area (Å²) >= 11 is 0. The summed E-state index contributed by atoms with van der Waals surface area (Å²) in [7, 11) is 6.00. The Morgan fingerprint density at radius 2 is 1.75 bits per heavy atom. The standard InChI is InChI=1S/C9H14B2O/c1-12-3-2-7-4-8(10)6-9(11)5-7/h4-6H,2-3,10-11H2,1H3. The number of hydrogen-bond acceptors (Lipinski definition) is 1. The van der Waals surface area contributed by atoms with Crippen molar-refractivity contribution in [3.8, 4) is 0 Å². The summed E-state index contributed by atoms with van der Waals surface area (Å²) in [5.41, 5.74) is 4.04. The van der Waals surface area contributed by atoms with Gasteiger partial charge in [-0.1, -0.05) is 29.1 Å². The topological polar surface area (TPSA) is 9.23 Å². The van der Waals surface area contributed by atoms with Gasteiger partial charge in [0.25, 0.3) is 0 Å². The van der Waals surface area contributed by atoms with Crippen molar-refractivity contribution >= 4 is 26.6 Å². The second-order valence-electron chi connectivity index (χ2n) is 3.24. The number of ether oxygens (including phenoxy) is 1. The van der Waals surface area contributed by atoms with Gasteiger partial charge < -0.3 is 4.74 Å². The molecule has 1 rings (SSSR count). The van der Waals surface area contributed by atoms with E-state index in [0.717, 1.165) is 13.0 Å². The third kappa shape index (κ3) is 2.74. The second kappa shape index (κ2) is 4.36. The van der Waals surface area contributed by atoms with Crippen molar-refractivity contribution in [1.29, 1.82) is 0 Å². The zero-order valence-corrected chi connectivity index (χ0v) is 8.05. The first-order chi connectivity index (χ1) is 5.72. The third-order valence-corrected chi connectivity index (χ3v) is 1.88. The number of hydrogen-bond donors (Lipinski definition) is 0. The molecule has 62 valence electrons. The third-order valence-electron chi connectivity index (χ3n) is 1.88. The fraction of sp³-hybridized carbons (Fsp3) is 0.333. The summed E-state index contributed by atoms with van der Waals surface area (Å²) in [5.74, 6) is 0.